The van der Waals surface area contributed by atoms with Crippen LogP contribution >= 0.6 is 11.3 Å². The molecule has 11 heteroatoms. The molecule has 0 saturated carbocycles. The molecule has 174 valence electrons. The van der Waals surface area contributed by atoms with Gasteiger partial charge in [-0.2, -0.15) is 0 Å². The third-order valence-electron chi connectivity index (χ3n) is 5.29. The lowest BCUT2D eigenvalue weighted by Gasteiger charge is -2.06. The summed E-state index contributed by atoms with van der Waals surface area (Å²) in [6, 6.07) is 8.95. The zero-order valence-corrected chi connectivity index (χ0v) is 19.2. The normalized spacial score (nSPS) is 12.4. The molecular formula is C23H22F2N8S. The number of aryl methyl sites for hydroxylation is 1. The molecule has 0 bridgehead atoms. The Kier molecular flexibility index (Phi) is 6.37. The van der Waals surface area contributed by atoms with Crippen molar-refractivity contribution in [1.82, 2.24) is 35.2 Å². The molecule has 5 rings (SSSR count). The number of imidazole rings is 1. The first-order valence-electron chi connectivity index (χ1n) is 10.8. The van der Waals surface area contributed by atoms with Crippen LogP contribution in [0.4, 0.5) is 14.6 Å². The minimum absolute atomic E-state index is 0.120. The van der Waals surface area contributed by atoms with Crippen LogP contribution in [-0.2, 0) is 13.0 Å². The molecular weight excluding hydrogens is 458 g/mol. The lowest BCUT2D eigenvalue weighted by molar-refractivity contribution is 0.328. The van der Waals surface area contributed by atoms with Gasteiger partial charge < -0.3 is 15.6 Å². The smallest absolute Gasteiger partial charge is 0.164 e. The topological polar surface area (TPSA) is 104 Å². The highest BCUT2D eigenvalue weighted by atomic mass is 32.1. The Morgan fingerprint density at radius 1 is 1.15 bits per heavy atom. The Labute approximate surface area is 197 Å². The van der Waals surface area contributed by atoms with Crippen molar-refractivity contribution in [2.75, 3.05) is 18.4 Å². The molecule has 4 heterocycles. The highest BCUT2D eigenvalue weighted by molar-refractivity contribution is 7.18. The Balaban J connectivity index is 1.19. The molecule has 1 aromatic carbocycles. The summed E-state index contributed by atoms with van der Waals surface area (Å²) >= 11 is 1.18. The molecule has 0 radical (unpaired) electrons. The summed E-state index contributed by atoms with van der Waals surface area (Å²) in [6.45, 7) is 2.87. The molecule has 1 atom stereocenters. The van der Waals surface area contributed by atoms with Crippen LogP contribution in [0.15, 0.2) is 42.9 Å². The van der Waals surface area contributed by atoms with Gasteiger partial charge in [-0.05, 0) is 36.8 Å². The summed E-state index contributed by atoms with van der Waals surface area (Å²) in [4.78, 5) is 25.2. The van der Waals surface area contributed by atoms with Crippen LogP contribution in [0.5, 0.6) is 0 Å². The standard InChI is InChI=1S/C23H22F2N8S/c1-13-4-5-16-17(9-13)32-19(31-16)6-8-26-10-15(25)22-33-20-21(29-12-30-23(20)34-22)28-11-18-14(24)3-2-7-27-18/h2-5,7,9,12,15,26H,6,8,10-11H2,1H3,(H,31,32)(H,28,29,30). The SMILES string of the molecule is Cc1ccc2nc(CCNCC(F)c3nc4c(NCc5ncccc5F)ncnc4s3)[nH]c2c1. The van der Waals surface area contributed by atoms with Crippen molar-refractivity contribution in [2.24, 2.45) is 0 Å². The fourth-order valence-corrected chi connectivity index (χ4v) is 4.45. The van der Waals surface area contributed by atoms with Crippen molar-refractivity contribution in [3.63, 3.8) is 0 Å². The van der Waals surface area contributed by atoms with Crippen LogP contribution in [0.1, 0.15) is 28.3 Å². The van der Waals surface area contributed by atoms with Crippen LogP contribution in [0.3, 0.4) is 0 Å². The van der Waals surface area contributed by atoms with E-state index in [1.165, 1.54) is 41.6 Å². The molecule has 4 aromatic heterocycles. The van der Waals surface area contributed by atoms with E-state index in [0.717, 1.165) is 16.9 Å². The highest BCUT2D eigenvalue weighted by Crippen LogP contribution is 2.30. The first-order chi connectivity index (χ1) is 16.6. The van der Waals surface area contributed by atoms with E-state index in [2.05, 4.69) is 46.6 Å². The number of H-pyrrole nitrogens is 1. The summed E-state index contributed by atoms with van der Waals surface area (Å²) in [5, 5.41) is 6.47. The minimum atomic E-state index is -1.29. The Morgan fingerprint density at radius 2 is 2.06 bits per heavy atom. The molecule has 0 fully saturated rings. The number of pyridine rings is 1. The monoisotopic (exact) mass is 480 g/mol. The maximum Gasteiger partial charge on any atom is 0.164 e. The van der Waals surface area contributed by atoms with E-state index in [4.69, 9.17) is 0 Å². The van der Waals surface area contributed by atoms with Gasteiger partial charge in [0.15, 0.2) is 12.0 Å². The number of anilines is 1. The third-order valence-corrected chi connectivity index (χ3v) is 6.33. The van der Waals surface area contributed by atoms with Gasteiger partial charge in [0, 0.05) is 25.7 Å². The van der Waals surface area contributed by atoms with E-state index in [9.17, 15) is 8.78 Å². The predicted molar refractivity (Wildman–Crippen MR) is 128 cm³/mol. The van der Waals surface area contributed by atoms with E-state index in [0.29, 0.717) is 34.1 Å². The number of aromatic nitrogens is 6. The predicted octanol–water partition coefficient (Wildman–Crippen LogP) is 4.26. The summed E-state index contributed by atoms with van der Waals surface area (Å²) in [5.74, 6) is 0.864. The van der Waals surface area contributed by atoms with Gasteiger partial charge in [0.1, 0.15) is 33.3 Å². The molecule has 1 unspecified atom stereocenters. The van der Waals surface area contributed by atoms with Crippen LogP contribution < -0.4 is 10.6 Å². The summed E-state index contributed by atoms with van der Waals surface area (Å²) in [5.41, 5.74) is 3.82. The zero-order chi connectivity index (χ0) is 23.5. The lowest BCUT2D eigenvalue weighted by Crippen LogP contribution is -2.22. The number of hydrogen-bond donors (Lipinski definition) is 3. The van der Waals surface area contributed by atoms with E-state index in [1.807, 2.05) is 19.1 Å². The molecule has 3 N–H and O–H groups in total. The highest BCUT2D eigenvalue weighted by Gasteiger charge is 2.18. The zero-order valence-electron chi connectivity index (χ0n) is 18.3. The third kappa shape index (κ3) is 4.85. The van der Waals surface area contributed by atoms with Gasteiger partial charge >= 0.3 is 0 Å². The van der Waals surface area contributed by atoms with Crippen LogP contribution in [0.2, 0.25) is 0 Å². The van der Waals surface area contributed by atoms with Crippen molar-refractivity contribution in [3.05, 3.63) is 70.8 Å². The maximum absolute atomic E-state index is 14.9. The van der Waals surface area contributed by atoms with E-state index < -0.39 is 12.0 Å². The van der Waals surface area contributed by atoms with Crippen LogP contribution in [0.25, 0.3) is 21.4 Å². The maximum atomic E-state index is 14.9. The number of hydrogen-bond acceptors (Lipinski definition) is 8. The summed E-state index contributed by atoms with van der Waals surface area (Å²) < 4.78 is 28.7. The van der Waals surface area contributed by atoms with Gasteiger partial charge in [0.25, 0.3) is 0 Å². The second kappa shape index (κ2) is 9.74. The van der Waals surface area contributed by atoms with Crippen LogP contribution in [0, 0.1) is 12.7 Å². The number of nitrogens with zero attached hydrogens (tertiary/aromatic N) is 5. The van der Waals surface area contributed by atoms with Gasteiger partial charge in [-0.25, -0.2) is 28.7 Å². The van der Waals surface area contributed by atoms with Crippen molar-refractivity contribution in [2.45, 2.75) is 26.1 Å². The number of aromatic amines is 1. The molecule has 0 aliphatic heterocycles. The summed E-state index contributed by atoms with van der Waals surface area (Å²) in [7, 11) is 0. The minimum Gasteiger partial charge on any atom is -0.362 e. The Morgan fingerprint density at radius 3 is 2.94 bits per heavy atom. The van der Waals surface area contributed by atoms with Gasteiger partial charge in [-0.1, -0.05) is 17.4 Å². The van der Waals surface area contributed by atoms with Gasteiger partial charge in [0.2, 0.25) is 0 Å². The van der Waals surface area contributed by atoms with Gasteiger partial charge in [0.05, 0.1) is 23.3 Å². The van der Waals surface area contributed by atoms with E-state index >= 15 is 0 Å². The number of thiazole rings is 1. The van der Waals surface area contributed by atoms with Gasteiger partial charge in [-0.3, -0.25) is 4.98 Å². The quantitative estimate of drug-likeness (QED) is 0.271. The van der Waals surface area contributed by atoms with Crippen LogP contribution in [-0.4, -0.2) is 43.0 Å². The molecule has 34 heavy (non-hydrogen) atoms. The Bertz CT molecular complexity index is 1430. The number of nitrogens with one attached hydrogen (secondary N) is 3. The fraction of sp³-hybridized carbons (Fsp3) is 0.261. The molecule has 8 nitrogen and oxygen atoms in total. The Hall–Kier alpha value is -3.57. The number of benzene rings is 1. The molecule has 0 aliphatic rings. The second-order valence-electron chi connectivity index (χ2n) is 7.84. The molecule has 0 spiro atoms. The largest absolute Gasteiger partial charge is 0.362 e. The van der Waals surface area contributed by atoms with E-state index in [-0.39, 0.29) is 18.8 Å². The van der Waals surface area contributed by atoms with Crippen molar-refractivity contribution in [3.8, 4) is 0 Å². The van der Waals surface area contributed by atoms with Crippen molar-refractivity contribution < 1.29 is 8.78 Å². The number of halogens is 2. The number of rotatable bonds is 9. The first-order valence-corrected chi connectivity index (χ1v) is 11.6. The summed E-state index contributed by atoms with van der Waals surface area (Å²) in [6.07, 6.45) is 2.26. The van der Waals surface area contributed by atoms with Crippen molar-refractivity contribution >= 4 is 38.5 Å². The number of fused-ring (bicyclic) bond motifs is 2. The lowest BCUT2D eigenvalue weighted by atomic mass is 10.2. The number of alkyl halides is 1. The average Bonchev–Trinajstić information content (AvgIpc) is 3.45. The second-order valence-corrected chi connectivity index (χ2v) is 8.85. The van der Waals surface area contributed by atoms with Gasteiger partial charge in [-0.15, -0.1) is 0 Å². The molecule has 0 aliphatic carbocycles. The molecule has 0 saturated heterocycles. The first kappa shape index (κ1) is 22.2. The van der Waals surface area contributed by atoms with E-state index in [1.54, 1.807) is 0 Å². The molecule has 5 aromatic rings. The average molecular weight is 481 g/mol. The fourth-order valence-electron chi connectivity index (χ4n) is 3.57. The molecule has 0 amide bonds. The van der Waals surface area contributed by atoms with Crippen molar-refractivity contribution in [1.29, 1.82) is 0 Å².